The lowest BCUT2D eigenvalue weighted by Crippen LogP contribution is -2.04. The summed E-state index contributed by atoms with van der Waals surface area (Å²) in [6.07, 6.45) is 1.54. The second-order valence-corrected chi connectivity index (χ2v) is 3.93. The second-order valence-electron chi connectivity index (χ2n) is 3.93. The summed E-state index contributed by atoms with van der Waals surface area (Å²) in [5, 5.41) is 3.54. The fourth-order valence-corrected chi connectivity index (χ4v) is 1.69. The second kappa shape index (κ2) is 4.79. The summed E-state index contributed by atoms with van der Waals surface area (Å²) < 4.78 is 9.10. The van der Waals surface area contributed by atoms with E-state index in [1.165, 1.54) is 5.56 Å². The van der Waals surface area contributed by atoms with Crippen LogP contribution >= 0.6 is 0 Å². The molecule has 0 saturated heterocycles. The van der Waals surface area contributed by atoms with Crippen LogP contribution in [-0.4, -0.2) is 5.16 Å². The van der Waals surface area contributed by atoms with E-state index in [0.717, 1.165) is 6.42 Å². The van der Waals surface area contributed by atoms with Crippen LogP contribution in [0.15, 0.2) is 44.1 Å². The minimum Gasteiger partial charge on any atom is -0.375 e. The predicted octanol–water partition coefficient (Wildman–Crippen LogP) is 2.05. The number of nitrogens with zero attached hydrogens (tertiary/aromatic N) is 1. The average molecular weight is 219 g/mol. The molecule has 0 radical (unpaired) electrons. The average Bonchev–Trinajstić information content (AvgIpc) is 2.65. The Morgan fingerprint density at radius 3 is 2.62 bits per heavy atom. The Labute approximate surface area is 92.9 Å². The largest absolute Gasteiger partial charge is 0.542 e. The van der Waals surface area contributed by atoms with Crippen molar-refractivity contribution in [1.29, 1.82) is 0 Å². The van der Waals surface area contributed by atoms with Crippen molar-refractivity contribution in [2.24, 2.45) is 5.92 Å². The van der Waals surface area contributed by atoms with Crippen molar-refractivity contribution in [2.75, 3.05) is 0 Å². The van der Waals surface area contributed by atoms with Gasteiger partial charge in [0.15, 0.2) is 0 Å². The third kappa shape index (κ3) is 2.82. The van der Waals surface area contributed by atoms with Gasteiger partial charge in [0.1, 0.15) is 0 Å². The maximum absolute atomic E-state index is 10.6. The minimum atomic E-state index is -0.734. The molecule has 1 heterocycles. The first-order valence-corrected chi connectivity index (χ1v) is 5.23. The van der Waals surface area contributed by atoms with Crippen LogP contribution in [0.1, 0.15) is 18.4 Å². The highest BCUT2D eigenvalue weighted by Gasteiger charge is 2.10. The van der Waals surface area contributed by atoms with Gasteiger partial charge in [0.05, 0.1) is 0 Å². The molecule has 1 unspecified atom stereocenters. The predicted molar refractivity (Wildman–Crippen MR) is 58.1 cm³/mol. The van der Waals surface area contributed by atoms with Crippen molar-refractivity contribution in [1.82, 2.24) is 5.16 Å². The highest BCUT2D eigenvalue weighted by atomic mass is 16.6. The molecule has 0 spiro atoms. The zero-order chi connectivity index (χ0) is 11.4. The van der Waals surface area contributed by atoms with Crippen LogP contribution in [0.4, 0.5) is 0 Å². The molecule has 1 aromatic carbocycles. The lowest BCUT2D eigenvalue weighted by Gasteiger charge is -2.07. The number of hydrogen-bond donors (Lipinski definition) is 0. The summed E-state index contributed by atoms with van der Waals surface area (Å²) in [5.41, 5.74) is 1.26. The fourth-order valence-electron chi connectivity index (χ4n) is 1.69. The quantitative estimate of drug-likeness (QED) is 0.789. The fraction of sp³-hybridized carbons (Fsp3) is 0.333. The molecule has 2 rings (SSSR count). The molecule has 0 aliphatic rings. The Hall–Kier alpha value is -1.84. The van der Waals surface area contributed by atoms with Crippen LogP contribution in [0.5, 0.6) is 0 Å². The number of hydrogen-bond acceptors (Lipinski definition) is 4. The van der Waals surface area contributed by atoms with E-state index >= 15 is 0 Å². The third-order valence-corrected chi connectivity index (χ3v) is 2.37. The smallest absolute Gasteiger partial charge is 0.375 e. The normalized spacial score (nSPS) is 12.6. The van der Waals surface area contributed by atoms with Crippen LogP contribution in [0.3, 0.4) is 0 Å². The van der Waals surface area contributed by atoms with Gasteiger partial charge in [0.2, 0.25) is 5.89 Å². The monoisotopic (exact) mass is 219 g/mol. The molecule has 0 aliphatic heterocycles. The SMILES string of the molecule is CC(Cc1ccccc1)Cc1noc(=O)o1. The lowest BCUT2D eigenvalue weighted by molar-refractivity contribution is 0.333. The molecule has 1 aromatic heterocycles. The molecule has 0 bridgehead atoms. The van der Waals surface area contributed by atoms with Crippen molar-refractivity contribution in [3.63, 3.8) is 0 Å². The molecule has 0 saturated carbocycles. The summed E-state index contributed by atoms with van der Waals surface area (Å²) >= 11 is 0. The number of benzene rings is 1. The topological polar surface area (TPSA) is 56.2 Å². The maximum Gasteiger partial charge on any atom is 0.542 e. The Bertz CT molecular complexity index is 486. The summed E-state index contributed by atoms with van der Waals surface area (Å²) in [5.74, 6) is -0.00834. The Morgan fingerprint density at radius 1 is 1.25 bits per heavy atom. The highest BCUT2D eigenvalue weighted by Crippen LogP contribution is 2.12. The number of aromatic nitrogens is 1. The first kappa shape index (κ1) is 10.7. The molecule has 4 heteroatoms. The van der Waals surface area contributed by atoms with Gasteiger partial charge in [-0.05, 0) is 23.1 Å². The molecule has 0 fully saturated rings. The van der Waals surface area contributed by atoms with Gasteiger partial charge in [-0.1, -0.05) is 37.3 Å². The van der Waals surface area contributed by atoms with Crippen LogP contribution in [-0.2, 0) is 12.8 Å². The summed E-state index contributed by atoms with van der Waals surface area (Å²) in [6.45, 7) is 2.08. The van der Waals surface area contributed by atoms with E-state index in [1.807, 2.05) is 18.2 Å². The van der Waals surface area contributed by atoms with Crippen LogP contribution < -0.4 is 5.82 Å². The molecule has 0 aliphatic carbocycles. The van der Waals surface area contributed by atoms with E-state index in [2.05, 4.69) is 28.7 Å². The molecule has 2 aromatic rings. The number of rotatable bonds is 4. The standard InChI is InChI=1S/C12H13NO3/c1-9(7-10-5-3-2-4-6-10)8-11-13-16-12(14)15-11/h2-6,9H,7-8H2,1H3. The molecule has 16 heavy (non-hydrogen) atoms. The third-order valence-electron chi connectivity index (χ3n) is 2.37. The maximum atomic E-state index is 10.6. The molecular weight excluding hydrogens is 206 g/mol. The van der Waals surface area contributed by atoms with Gasteiger partial charge in [-0.15, -0.1) is 0 Å². The first-order valence-electron chi connectivity index (χ1n) is 5.23. The summed E-state index contributed by atoms with van der Waals surface area (Å²) in [4.78, 5) is 10.6. The summed E-state index contributed by atoms with van der Waals surface area (Å²) in [6, 6.07) is 10.2. The van der Waals surface area contributed by atoms with Crippen molar-refractivity contribution in [2.45, 2.75) is 19.8 Å². The van der Waals surface area contributed by atoms with Crippen molar-refractivity contribution >= 4 is 0 Å². The molecule has 4 nitrogen and oxygen atoms in total. The van der Waals surface area contributed by atoms with Crippen LogP contribution in [0.2, 0.25) is 0 Å². The molecular formula is C12H13NO3. The van der Waals surface area contributed by atoms with Gasteiger partial charge in [0.25, 0.3) is 0 Å². The van der Waals surface area contributed by atoms with E-state index in [9.17, 15) is 4.79 Å². The van der Waals surface area contributed by atoms with E-state index in [1.54, 1.807) is 0 Å². The lowest BCUT2D eigenvalue weighted by atomic mass is 9.98. The minimum absolute atomic E-state index is 0.357. The van der Waals surface area contributed by atoms with Crippen molar-refractivity contribution < 1.29 is 8.94 Å². The highest BCUT2D eigenvalue weighted by molar-refractivity contribution is 5.15. The molecule has 1 atom stereocenters. The Balaban J connectivity index is 1.94. The van der Waals surface area contributed by atoms with Crippen LogP contribution in [0, 0.1) is 5.92 Å². The van der Waals surface area contributed by atoms with Gasteiger partial charge in [-0.2, -0.15) is 0 Å². The van der Waals surface area contributed by atoms with E-state index in [-0.39, 0.29) is 0 Å². The molecule has 0 N–H and O–H groups in total. The van der Waals surface area contributed by atoms with E-state index in [0.29, 0.717) is 18.2 Å². The zero-order valence-corrected chi connectivity index (χ0v) is 9.05. The van der Waals surface area contributed by atoms with Gasteiger partial charge in [-0.25, -0.2) is 4.79 Å². The van der Waals surface area contributed by atoms with E-state index < -0.39 is 5.82 Å². The van der Waals surface area contributed by atoms with Crippen molar-refractivity contribution in [3.8, 4) is 0 Å². The van der Waals surface area contributed by atoms with E-state index in [4.69, 9.17) is 4.42 Å². The Morgan fingerprint density at radius 2 is 2.00 bits per heavy atom. The molecule has 84 valence electrons. The molecule has 0 amide bonds. The van der Waals surface area contributed by atoms with Gasteiger partial charge >= 0.3 is 5.82 Å². The van der Waals surface area contributed by atoms with Gasteiger partial charge in [0, 0.05) is 6.42 Å². The van der Waals surface area contributed by atoms with Crippen molar-refractivity contribution in [3.05, 3.63) is 52.4 Å². The first-order chi connectivity index (χ1) is 7.74. The van der Waals surface area contributed by atoms with Gasteiger partial charge in [-0.3, -0.25) is 4.52 Å². The van der Waals surface area contributed by atoms with Crippen LogP contribution in [0.25, 0.3) is 0 Å². The summed E-state index contributed by atoms with van der Waals surface area (Å²) in [7, 11) is 0. The van der Waals surface area contributed by atoms with Gasteiger partial charge < -0.3 is 4.42 Å². The zero-order valence-electron chi connectivity index (χ0n) is 9.05. The Kier molecular flexibility index (Phi) is 3.19.